The van der Waals surface area contributed by atoms with Crippen molar-refractivity contribution < 1.29 is 9.90 Å². The molecule has 14 heavy (non-hydrogen) atoms. The van der Waals surface area contributed by atoms with Gasteiger partial charge in [0, 0.05) is 37.0 Å². The number of nitrogens with one attached hydrogen (secondary N) is 1. The van der Waals surface area contributed by atoms with Crippen LogP contribution in [0.2, 0.25) is 0 Å². The lowest BCUT2D eigenvalue weighted by molar-refractivity contribution is 0.0955. The molecule has 0 bridgehead atoms. The van der Waals surface area contributed by atoms with Crippen LogP contribution < -0.4 is 5.32 Å². The Hall–Kier alpha value is -1.42. The van der Waals surface area contributed by atoms with Crippen molar-refractivity contribution >= 4 is 5.91 Å². The van der Waals surface area contributed by atoms with Gasteiger partial charge in [-0.15, -0.1) is 0 Å². The zero-order valence-corrected chi connectivity index (χ0v) is 8.16. The molecule has 0 aromatic carbocycles. The van der Waals surface area contributed by atoms with Crippen LogP contribution in [0.15, 0.2) is 18.3 Å². The number of pyridine rings is 1. The number of hydrogen-bond donors (Lipinski definition) is 2. The van der Waals surface area contributed by atoms with Gasteiger partial charge in [-0.05, 0) is 19.1 Å². The number of hydrogen-bond acceptors (Lipinski definition) is 3. The third kappa shape index (κ3) is 2.81. The zero-order valence-electron chi connectivity index (χ0n) is 8.16. The summed E-state index contributed by atoms with van der Waals surface area (Å²) >= 11 is 0. The molecule has 76 valence electrons. The van der Waals surface area contributed by atoms with E-state index < -0.39 is 0 Å². The first kappa shape index (κ1) is 10.7. The predicted octanol–water partition coefficient (Wildman–Crippen LogP) is 0.366. The van der Waals surface area contributed by atoms with E-state index in [4.69, 9.17) is 5.11 Å². The number of nitrogens with zero attached hydrogens (tertiary/aromatic N) is 1. The summed E-state index contributed by atoms with van der Waals surface area (Å²) in [5, 5.41) is 11.4. The molecule has 0 spiro atoms. The minimum Gasteiger partial charge on any atom is -0.396 e. The van der Waals surface area contributed by atoms with Crippen molar-refractivity contribution in [3.63, 3.8) is 0 Å². The van der Waals surface area contributed by atoms with E-state index in [-0.39, 0.29) is 12.5 Å². The minimum atomic E-state index is -0.103. The Morgan fingerprint density at radius 1 is 1.64 bits per heavy atom. The van der Waals surface area contributed by atoms with Crippen molar-refractivity contribution in [3.05, 3.63) is 29.6 Å². The van der Waals surface area contributed by atoms with E-state index in [1.807, 2.05) is 6.92 Å². The molecule has 0 atom stereocenters. The molecular formula is C10H14N2O2. The molecule has 0 aliphatic carbocycles. The van der Waals surface area contributed by atoms with E-state index in [2.05, 4.69) is 10.3 Å². The van der Waals surface area contributed by atoms with E-state index in [1.54, 1.807) is 18.3 Å². The lowest BCUT2D eigenvalue weighted by Gasteiger charge is -2.03. The lowest BCUT2D eigenvalue weighted by atomic mass is 10.2. The molecule has 0 fully saturated rings. The van der Waals surface area contributed by atoms with Gasteiger partial charge in [-0.2, -0.15) is 0 Å². The van der Waals surface area contributed by atoms with Crippen LogP contribution in [-0.4, -0.2) is 29.1 Å². The highest BCUT2D eigenvalue weighted by molar-refractivity contribution is 5.94. The summed E-state index contributed by atoms with van der Waals surface area (Å²) < 4.78 is 0. The van der Waals surface area contributed by atoms with Crippen molar-refractivity contribution in [1.29, 1.82) is 0 Å². The highest BCUT2D eigenvalue weighted by Gasteiger charge is 2.04. The second-order valence-electron chi connectivity index (χ2n) is 2.87. The molecule has 1 aromatic heterocycles. The van der Waals surface area contributed by atoms with E-state index in [0.717, 1.165) is 5.69 Å². The van der Waals surface area contributed by atoms with Crippen LogP contribution in [0.1, 0.15) is 23.0 Å². The van der Waals surface area contributed by atoms with E-state index in [9.17, 15) is 4.79 Å². The summed E-state index contributed by atoms with van der Waals surface area (Å²) in [7, 11) is 0. The standard InChI is InChI=1S/C10H14N2O2/c1-2-11-10(14)8-3-5-12-9(7-8)4-6-13/h3,5,7,13H,2,4,6H2,1H3,(H,11,14). The van der Waals surface area contributed by atoms with Gasteiger partial charge in [0.1, 0.15) is 0 Å². The monoisotopic (exact) mass is 194 g/mol. The molecule has 1 heterocycles. The summed E-state index contributed by atoms with van der Waals surface area (Å²) in [6, 6.07) is 3.35. The highest BCUT2D eigenvalue weighted by atomic mass is 16.3. The largest absolute Gasteiger partial charge is 0.396 e. The number of carbonyl (C=O) groups is 1. The molecule has 4 heteroatoms. The summed E-state index contributed by atoms with van der Waals surface area (Å²) in [6.07, 6.45) is 2.06. The van der Waals surface area contributed by atoms with Crippen molar-refractivity contribution in [1.82, 2.24) is 10.3 Å². The van der Waals surface area contributed by atoms with Gasteiger partial charge >= 0.3 is 0 Å². The predicted molar refractivity (Wildman–Crippen MR) is 53.0 cm³/mol. The fourth-order valence-electron chi connectivity index (χ4n) is 1.13. The quantitative estimate of drug-likeness (QED) is 0.727. The number of amides is 1. The fraction of sp³-hybridized carbons (Fsp3) is 0.400. The number of aromatic nitrogens is 1. The van der Waals surface area contributed by atoms with Crippen LogP contribution in [0.5, 0.6) is 0 Å². The number of aliphatic hydroxyl groups is 1. The van der Waals surface area contributed by atoms with Crippen LogP contribution >= 0.6 is 0 Å². The van der Waals surface area contributed by atoms with Gasteiger partial charge in [0.05, 0.1) is 0 Å². The Morgan fingerprint density at radius 3 is 3.07 bits per heavy atom. The molecule has 1 rings (SSSR count). The van der Waals surface area contributed by atoms with E-state index in [1.165, 1.54) is 0 Å². The van der Waals surface area contributed by atoms with Crippen molar-refractivity contribution in [3.8, 4) is 0 Å². The molecule has 2 N–H and O–H groups in total. The van der Waals surface area contributed by atoms with Crippen molar-refractivity contribution in [2.45, 2.75) is 13.3 Å². The maximum absolute atomic E-state index is 11.4. The molecule has 1 aromatic rings. The average Bonchev–Trinajstić information content (AvgIpc) is 2.19. The second kappa shape index (κ2) is 5.34. The first-order valence-electron chi connectivity index (χ1n) is 4.62. The van der Waals surface area contributed by atoms with Gasteiger partial charge in [-0.1, -0.05) is 0 Å². The molecule has 1 amide bonds. The second-order valence-corrected chi connectivity index (χ2v) is 2.87. The van der Waals surface area contributed by atoms with Gasteiger partial charge in [-0.3, -0.25) is 9.78 Å². The van der Waals surface area contributed by atoms with Crippen LogP contribution in [0.3, 0.4) is 0 Å². The zero-order chi connectivity index (χ0) is 10.4. The average molecular weight is 194 g/mol. The van der Waals surface area contributed by atoms with Crippen LogP contribution in [0.25, 0.3) is 0 Å². The Morgan fingerprint density at radius 2 is 2.43 bits per heavy atom. The summed E-state index contributed by atoms with van der Waals surface area (Å²) in [6.45, 7) is 2.52. The third-order valence-corrected chi connectivity index (χ3v) is 1.78. The number of carbonyl (C=O) groups excluding carboxylic acids is 1. The normalized spacial score (nSPS) is 9.86. The maximum atomic E-state index is 11.4. The molecule has 0 unspecified atom stereocenters. The molecule has 0 aliphatic rings. The molecule has 0 radical (unpaired) electrons. The van der Waals surface area contributed by atoms with Crippen LogP contribution in [0.4, 0.5) is 0 Å². The first-order valence-corrected chi connectivity index (χ1v) is 4.62. The van der Waals surface area contributed by atoms with Gasteiger partial charge in [-0.25, -0.2) is 0 Å². The molecule has 0 saturated heterocycles. The fourth-order valence-corrected chi connectivity index (χ4v) is 1.13. The van der Waals surface area contributed by atoms with E-state index >= 15 is 0 Å². The van der Waals surface area contributed by atoms with Gasteiger partial charge in [0.15, 0.2) is 0 Å². The van der Waals surface area contributed by atoms with Crippen molar-refractivity contribution in [2.75, 3.05) is 13.2 Å². The first-order chi connectivity index (χ1) is 6.77. The molecular weight excluding hydrogens is 180 g/mol. The number of aliphatic hydroxyl groups excluding tert-OH is 1. The molecule has 0 saturated carbocycles. The van der Waals surface area contributed by atoms with Crippen LogP contribution in [0, 0.1) is 0 Å². The molecule has 4 nitrogen and oxygen atoms in total. The minimum absolute atomic E-state index is 0.0475. The highest BCUT2D eigenvalue weighted by Crippen LogP contribution is 2.02. The Bertz CT molecular complexity index is 313. The van der Waals surface area contributed by atoms with Gasteiger partial charge in [0.25, 0.3) is 5.91 Å². The van der Waals surface area contributed by atoms with E-state index in [0.29, 0.717) is 18.5 Å². The Kier molecular flexibility index (Phi) is 4.07. The third-order valence-electron chi connectivity index (χ3n) is 1.78. The van der Waals surface area contributed by atoms with Gasteiger partial charge in [0.2, 0.25) is 0 Å². The SMILES string of the molecule is CCNC(=O)c1ccnc(CCO)c1. The van der Waals surface area contributed by atoms with Crippen LogP contribution in [-0.2, 0) is 6.42 Å². The Labute approximate surface area is 83.0 Å². The summed E-state index contributed by atoms with van der Waals surface area (Å²) in [4.78, 5) is 15.4. The topological polar surface area (TPSA) is 62.2 Å². The molecule has 0 aliphatic heterocycles. The summed E-state index contributed by atoms with van der Waals surface area (Å²) in [5.74, 6) is -0.103. The lowest BCUT2D eigenvalue weighted by Crippen LogP contribution is -2.22. The Balaban J connectivity index is 2.77. The smallest absolute Gasteiger partial charge is 0.251 e. The van der Waals surface area contributed by atoms with Gasteiger partial charge < -0.3 is 10.4 Å². The maximum Gasteiger partial charge on any atom is 0.251 e. The van der Waals surface area contributed by atoms with Crippen molar-refractivity contribution in [2.24, 2.45) is 0 Å². The number of rotatable bonds is 4. The summed E-state index contributed by atoms with van der Waals surface area (Å²) in [5.41, 5.74) is 1.32.